The van der Waals surface area contributed by atoms with Gasteiger partial charge in [0.1, 0.15) is 11.6 Å². The first-order valence-corrected chi connectivity index (χ1v) is 7.48. The van der Waals surface area contributed by atoms with Crippen LogP contribution >= 0.6 is 0 Å². The summed E-state index contributed by atoms with van der Waals surface area (Å²) in [6.07, 6.45) is 2.97. The first-order valence-electron chi connectivity index (χ1n) is 7.48. The molecule has 1 saturated heterocycles. The molecule has 0 aliphatic carbocycles. The molecule has 5 nitrogen and oxygen atoms in total. The molecule has 5 heteroatoms. The zero-order valence-electron chi connectivity index (χ0n) is 13.1. The van der Waals surface area contributed by atoms with Crippen LogP contribution in [0.25, 0.3) is 0 Å². The van der Waals surface area contributed by atoms with Gasteiger partial charge in [0.2, 0.25) is 11.8 Å². The Kier molecular flexibility index (Phi) is 4.30. The predicted octanol–water partition coefficient (Wildman–Crippen LogP) is 1.80. The maximum Gasteiger partial charge on any atom is 0.249 e. The molecule has 114 valence electrons. The van der Waals surface area contributed by atoms with Crippen molar-refractivity contribution in [3.63, 3.8) is 0 Å². The van der Waals surface area contributed by atoms with Crippen LogP contribution in [0, 0.1) is 6.92 Å². The van der Waals surface area contributed by atoms with Gasteiger partial charge in [0.05, 0.1) is 0 Å². The molecule has 2 heterocycles. The van der Waals surface area contributed by atoms with E-state index in [-0.39, 0.29) is 11.8 Å². The van der Waals surface area contributed by atoms with Crippen molar-refractivity contribution in [2.24, 2.45) is 0 Å². The minimum Gasteiger partial charge on any atom is -0.340 e. The summed E-state index contributed by atoms with van der Waals surface area (Å²) in [5, 5.41) is 2.91. The molecule has 1 aromatic heterocycles. The van der Waals surface area contributed by atoms with Crippen LogP contribution in [0.1, 0.15) is 44.9 Å². The van der Waals surface area contributed by atoms with E-state index in [1.807, 2.05) is 32.9 Å². The smallest absolute Gasteiger partial charge is 0.249 e. The van der Waals surface area contributed by atoms with Crippen molar-refractivity contribution in [2.75, 3.05) is 0 Å². The predicted molar refractivity (Wildman–Crippen MR) is 80.4 cm³/mol. The molecule has 0 radical (unpaired) electrons. The maximum atomic E-state index is 12.8. The Hall–Kier alpha value is -1.91. The summed E-state index contributed by atoms with van der Waals surface area (Å²) in [4.78, 5) is 31.0. The highest BCUT2D eigenvalue weighted by atomic mass is 16.2. The number of pyridine rings is 1. The third-order valence-corrected chi connectivity index (χ3v) is 4.41. The highest BCUT2D eigenvalue weighted by Gasteiger charge is 2.47. The minimum atomic E-state index is -0.762. The second-order valence-electron chi connectivity index (χ2n) is 5.70. The van der Waals surface area contributed by atoms with Crippen LogP contribution in [0.2, 0.25) is 0 Å². The molecule has 2 amide bonds. The van der Waals surface area contributed by atoms with Gasteiger partial charge >= 0.3 is 0 Å². The van der Waals surface area contributed by atoms with Crippen LogP contribution in [0.15, 0.2) is 18.3 Å². The fraction of sp³-hybridized carbons (Fsp3) is 0.562. The summed E-state index contributed by atoms with van der Waals surface area (Å²) in [7, 11) is 0. The van der Waals surface area contributed by atoms with Crippen LogP contribution in [0.3, 0.4) is 0 Å². The highest BCUT2D eigenvalue weighted by Crippen LogP contribution is 2.26. The number of carbonyl (C=O) groups is 2. The number of amides is 2. The van der Waals surface area contributed by atoms with Gasteiger partial charge in [-0.1, -0.05) is 19.9 Å². The lowest BCUT2D eigenvalue weighted by molar-refractivity contribution is -0.155. The van der Waals surface area contributed by atoms with Crippen LogP contribution in [0.4, 0.5) is 0 Å². The fourth-order valence-electron chi connectivity index (χ4n) is 2.71. The first kappa shape index (κ1) is 15.5. The summed E-state index contributed by atoms with van der Waals surface area (Å²) in [6.45, 7) is 7.98. The molecule has 1 aliphatic rings. The van der Waals surface area contributed by atoms with Crippen LogP contribution < -0.4 is 5.32 Å². The van der Waals surface area contributed by atoms with E-state index in [0.29, 0.717) is 19.4 Å². The van der Waals surface area contributed by atoms with E-state index in [0.717, 1.165) is 11.3 Å². The lowest BCUT2D eigenvalue weighted by Gasteiger charge is -2.44. The quantitative estimate of drug-likeness (QED) is 0.919. The van der Waals surface area contributed by atoms with Crippen molar-refractivity contribution in [2.45, 2.75) is 58.7 Å². The van der Waals surface area contributed by atoms with Gasteiger partial charge in [-0.3, -0.25) is 14.6 Å². The lowest BCUT2D eigenvalue weighted by atomic mass is 9.87. The van der Waals surface area contributed by atoms with Gasteiger partial charge in [-0.15, -0.1) is 0 Å². The summed E-state index contributed by atoms with van der Waals surface area (Å²) in [5.41, 5.74) is 1.12. The van der Waals surface area contributed by atoms with Crippen molar-refractivity contribution in [3.05, 3.63) is 29.6 Å². The number of nitrogens with one attached hydrogen (secondary N) is 1. The Bertz CT molecular complexity index is 535. The van der Waals surface area contributed by atoms with E-state index >= 15 is 0 Å². The second-order valence-corrected chi connectivity index (χ2v) is 5.70. The standard InChI is InChI=1S/C16H23N3O2/c1-5-16(6-2)15(21)19(12(4)14(20)18-16)10-13-8-7-11(3)17-9-13/h7-9,12H,5-6,10H2,1-4H3,(H,18,20). The summed E-state index contributed by atoms with van der Waals surface area (Å²) in [5.74, 6) is -0.0847. The Morgan fingerprint density at radius 3 is 2.48 bits per heavy atom. The van der Waals surface area contributed by atoms with Gasteiger partial charge in [-0.25, -0.2) is 0 Å². The molecular weight excluding hydrogens is 266 g/mol. The minimum absolute atomic E-state index is 0.000162. The molecule has 0 bridgehead atoms. The van der Waals surface area contributed by atoms with Crippen LogP contribution in [0.5, 0.6) is 0 Å². The number of piperazine rings is 1. The topological polar surface area (TPSA) is 62.3 Å². The Labute approximate surface area is 125 Å². The second kappa shape index (κ2) is 5.84. The molecule has 1 unspecified atom stereocenters. The molecule has 21 heavy (non-hydrogen) atoms. The van der Waals surface area contributed by atoms with E-state index in [2.05, 4.69) is 10.3 Å². The number of aromatic nitrogens is 1. The van der Waals surface area contributed by atoms with Crippen LogP contribution in [-0.4, -0.2) is 33.3 Å². The normalized spacial score (nSPS) is 21.3. The number of carbonyl (C=O) groups excluding carboxylic acids is 2. The fourth-order valence-corrected chi connectivity index (χ4v) is 2.71. The van der Waals surface area contributed by atoms with Gasteiger partial charge < -0.3 is 10.2 Å². The Morgan fingerprint density at radius 2 is 1.95 bits per heavy atom. The number of rotatable bonds is 4. The van der Waals surface area contributed by atoms with Crippen LogP contribution in [-0.2, 0) is 16.1 Å². The lowest BCUT2D eigenvalue weighted by Crippen LogP contribution is -2.69. The number of hydrogen-bond acceptors (Lipinski definition) is 3. The van der Waals surface area contributed by atoms with Gasteiger partial charge in [-0.05, 0) is 38.3 Å². The molecule has 1 fully saturated rings. The maximum absolute atomic E-state index is 12.8. The summed E-state index contributed by atoms with van der Waals surface area (Å²) in [6, 6.07) is 3.42. The SMILES string of the molecule is CCC1(CC)NC(=O)C(C)N(Cc2ccc(C)nc2)C1=O. The van der Waals surface area contributed by atoms with E-state index in [1.165, 1.54) is 0 Å². The van der Waals surface area contributed by atoms with Gasteiger partial charge in [-0.2, -0.15) is 0 Å². The molecule has 0 saturated carbocycles. The first-order chi connectivity index (χ1) is 9.93. The van der Waals surface area contributed by atoms with E-state index in [9.17, 15) is 9.59 Å². The molecule has 1 aliphatic heterocycles. The molecular formula is C16H23N3O2. The monoisotopic (exact) mass is 289 g/mol. The Morgan fingerprint density at radius 1 is 1.29 bits per heavy atom. The summed E-state index contributed by atoms with van der Waals surface area (Å²) < 4.78 is 0. The molecule has 0 spiro atoms. The zero-order chi connectivity index (χ0) is 15.6. The van der Waals surface area contributed by atoms with E-state index in [1.54, 1.807) is 18.0 Å². The van der Waals surface area contributed by atoms with Gasteiger partial charge in [0.25, 0.3) is 0 Å². The average Bonchev–Trinajstić information content (AvgIpc) is 2.49. The van der Waals surface area contributed by atoms with Gasteiger partial charge in [0.15, 0.2) is 0 Å². The van der Waals surface area contributed by atoms with Gasteiger partial charge in [0, 0.05) is 18.4 Å². The highest BCUT2D eigenvalue weighted by molar-refractivity contribution is 5.99. The zero-order valence-corrected chi connectivity index (χ0v) is 13.1. The number of hydrogen-bond donors (Lipinski definition) is 1. The molecule has 1 atom stereocenters. The van der Waals surface area contributed by atoms with Crippen molar-refractivity contribution in [3.8, 4) is 0 Å². The summed E-state index contributed by atoms with van der Waals surface area (Å²) >= 11 is 0. The largest absolute Gasteiger partial charge is 0.340 e. The molecule has 0 aromatic carbocycles. The van der Waals surface area contributed by atoms with Crippen molar-refractivity contribution < 1.29 is 9.59 Å². The Balaban J connectivity index is 2.28. The number of nitrogens with zero attached hydrogens (tertiary/aromatic N) is 2. The third-order valence-electron chi connectivity index (χ3n) is 4.41. The van der Waals surface area contributed by atoms with Crippen molar-refractivity contribution in [1.29, 1.82) is 0 Å². The van der Waals surface area contributed by atoms with E-state index < -0.39 is 11.6 Å². The number of aryl methyl sites for hydroxylation is 1. The average molecular weight is 289 g/mol. The molecule has 1 N–H and O–H groups in total. The molecule has 2 rings (SSSR count). The van der Waals surface area contributed by atoms with Crippen molar-refractivity contribution in [1.82, 2.24) is 15.2 Å². The molecule has 1 aromatic rings. The van der Waals surface area contributed by atoms with E-state index in [4.69, 9.17) is 0 Å². The van der Waals surface area contributed by atoms with Crippen molar-refractivity contribution >= 4 is 11.8 Å². The third kappa shape index (κ3) is 2.77.